The van der Waals surface area contributed by atoms with Crippen molar-refractivity contribution in [1.82, 2.24) is 0 Å². The lowest BCUT2D eigenvalue weighted by atomic mass is 10.1. The molecule has 0 N–H and O–H groups in total. The van der Waals surface area contributed by atoms with Gasteiger partial charge in [-0.05, 0) is 29.8 Å². The van der Waals surface area contributed by atoms with Gasteiger partial charge in [0.2, 0.25) is 0 Å². The molecule has 0 saturated heterocycles. The van der Waals surface area contributed by atoms with Crippen LogP contribution < -0.4 is 9.64 Å². The molecule has 6 heteroatoms. The Labute approximate surface area is 144 Å². The Hall–Kier alpha value is -3.28. The van der Waals surface area contributed by atoms with E-state index in [4.69, 9.17) is 4.74 Å². The van der Waals surface area contributed by atoms with E-state index in [1.54, 1.807) is 17.0 Å². The summed E-state index contributed by atoms with van der Waals surface area (Å²) in [5, 5.41) is 8.00. The average molecular weight is 337 g/mol. The summed E-state index contributed by atoms with van der Waals surface area (Å²) in [5.74, 6) is -0.568. The van der Waals surface area contributed by atoms with E-state index in [-0.39, 0.29) is 17.4 Å². The molecule has 2 aromatic carbocycles. The van der Waals surface area contributed by atoms with Crippen molar-refractivity contribution in [1.29, 1.82) is 0 Å². The summed E-state index contributed by atoms with van der Waals surface area (Å²) >= 11 is 0. The molecule has 25 heavy (non-hydrogen) atoms. The summed E-state index contributed by atoms with van der Waals surface area (Å²) in [6.45, 7) is 4.06. The number of nitrogens with zero attached hydrogens (tertiary/aromatic N) is 3. The van der Waals surface area contributed by atoms with E-state index in [1.807, 2.05) is 24.3 Å². The number of halogens is 1. The fraction of sp³-hybridized carbons (Fsp3) is 0.105. The van der Waals surface area contributed by atoms with Crippen LogP contribution in [0.1, 0.15) is 11.1 Å². The van der Waals surface area contributed by atoms with E-state index in [2.05, 4.69) is 16.8 Å². The number of carbonyl (C=O) groups is 1. The molecule has 0 saturated carbocycles. The molecule has 126 valence electrons. The lowest BCUT2D eigenvalue weighted by Gasteiger charge is -2.13. The number of benzene rings is 2. The summed E-state index contributed by atoms with van der Waals surface area (Å²) in [4.78, 5) is 14.1. The first-order valence-corrected chi connectivity index (χ1v) is 7.62. The van der Waals surface area contributed by atoms with Gasteiger partial charge in [0.1, 0.15) is 0 Å². The third kappa shape index (κ3) is 3.19. The molecule has 0 fully saturated rings. The van der Waals surface area contributed by atoms with Gasteiger partial charge in [-0.25, -0.2) is 4.39 Å². The molecule has 5 nitrogen and oxygen atoms in total. The van der Waals surface area contributed by atoms with Crippen molar-refractivity contribution in [3.8, 4) is 5.75 Å². The quantitative estimate of drug-likeness (QED) is 0.478. The molecular formula is C19H16FN3O2. The van der Waals surface area contributed by atoms with Crippen LogP contribution in [0.4, 0.5) is 10.1 Å². The second-order valence-corrected chi connectivity index (χ2v) is 5.31. The molecule has 1 heterocycles. The number of anilines is 1. The molecule has 1 aliphatic rings. The highest BCUT2D eigenvalue weighted by Crippen LogP contribution is 2.29. The topological polar surface area (TPSA) is 54.3 Å². The minimum atomic E-state index is -0.487. The van der Waals surface area contributed by atoms with Crippen LogP contribution >= 0.6 is 0 Å². The molecule has 0 aromatic heterocycles. The largest absolute Gasteiger partial charge is 0.494 e. The maximum Gasteiger partial charge on any atom is 0.279 e. The highest BCUT2D eigenvalue weighted by molar-refractivity contribution is 6.54. The normalized spacial score (nSPS) is 15.0. The van der Waals surface area contributed by atoms with Gasteiger partial charge in [-0.2, -0.15) is 5.10 Å². The van der Waals surface area contributed by atoms with E-state index in [1.165, 1.54) is 25.5 Å². The van der Waals surface area contributed by atoms with E-state index in [0.29, 0.717) is 17.7 Å². The maximum atomic E-state index is 13.7. The zero-order valence-corrected chi connectivity index (χ0v) is 13.6. The van der Waals surface area contributed by atoms with Gasteiger partial charge >= 0.3 is 0 Å². The predicted molar refractivity (Wildman–Crippen MR) is 96.1 cm³/mol. The first kappa shape index (κ1) is 16.6. The van der Waals surface area contributed by atoms with Crippen LogP contribution in [0.5, 0.6) is 5.75 Å². The van der Waals surface area contributed by atoms with Gasteiger partial charge in [-0.15, -0.1) is 11.7 Å². The minimum Gasteiger partial charge on any atom is -0.494 e. The van der Waals surface area contributed by atoms with Crippen LogP contribution in [0.15, 0.2) is 65.3 Å². The van der Waals surface area contributed by atoms with Crippen LogP contribution in [0, 0.1) is 5.82 Å². The summed E-state index contributed by atoms with van der Waals surface area (Å²) in [6, 6.07) is 11.8. The SMILES string of the molecule is C=CCN1C(=O)/C(=N\N=C/c2ccc(OC)c(F)c2)c2ccccc21. The van der Waals surface area contributed by atoms with Crippen LogP contribution in [0.25, 0.3) is 0 Å². The van der Waals surface area contributed by atoms with Gasteiger partial charge < -0.3 is 9.64 Å². The Morgan fingerprint density at radius 1 is 1.28 bits per heavy atom. The summed E-state index contributed by atoms with van der Waals surface area (Å²) in [5.41, 5.74) is 2.26. The van der Waals surface area contributed by atoms with E-state index in [9.17, 15) is 9.18 Å². The van der Waals surface area contributed by atoms with Crippen molar-refractivity contribution < 1.29 is 13.9 Å². The van der Waals surface area contributed by atoms with Crippen LogP contribution in [-0.2, 0) is 4.79 Å². The zero-order chi connectivity index (χ0) is 17.8. The van der Waals surface area contributed by atoms with E-state index >= 15 is 0 Å². The van der Waals surface area contributed by atoms with Crippen molar-refractivity contribution in [2.45, 2.75) is 0 Å². The average Bonchev–Trinajstić information content (AvgIpc) is 2.88. The number of para-hydroxylation sites is 1. The number of carbonyl (C=O) groups excluding carboxylic acids is 1. The van der Waals surface area contributed by atoms with Crippen molar-refractivity contribution >= 4 is 23.5 Å². The maximum absolute atomic E-state index is 13.7. The molecule has 0 atom stereocenters. The standard InChI is InChI=1S/C19H16FN3O2/c1-3-10-23-16-7-5-4-6-14(16)18(19(23)24)22-21-12-13-8-9-17(25-2)15(20)11-13/h3-9,11-12H,1,10H2,2H3/b21-12-,22-18-. The van der Waals surface area contributed by atoms with Crippen molar-refractivity contribution in [3.05, 3.63) is 72.1 Å². The second-order valence-electron chi connectivity index (χ2n) is 5.31. The molecular weight excluding hydrogens is 321 g/mol. The monoisotopic (exact) mass is 337 g/mol. The summed E-state index contributed by atoms with van der Waals surface area (Å²) < 4.78 is 18.5. The lowest BCUT2D eigenvalue weighted by Crippen LogP contribution is -2.30. The molecule has 3 rings (SSSR count). The van der Waals surface area contributed by atoms with Gasteiger partial charge in [0, 0.05) is 12.1 Å². The smallest absolute Gasteiger partial charge is 0.279 e. The Balaban J connectivity index is 1.89. The Bertz CT molecular complexity index is 890. The van der Waals surface area contributed by atoms with Gasteiger partial charge in [0.05, 0.1) is 19.0 Å². The molecule has 2 aromatic rings. The molecule has 0 unspecified atom stereocenters. The first-order chi connectivity index (χ1) is 12.2. The number of fused-ring (bicyclic) bond motifs is 1. The first-order valence-electron chi connectivity index (χ1n) is 7.62. The van der Waals surface area contributed by atoms with Gasteiger partial charge in [0.25, 0.3) is 5.91 Å². The van der Waals surface area contributed by atoms with Gasteiger partial charge in [-0.1, -0.05) is 24.3 Å². The van der Waals surface area contributed by atoms with Crippen LogP contribution in [-0.4, -0.2) is 31.5 Å². The van der Waals surface area contributed by atoms with E-state index < -0.39 is 5.82 Å². The zero-order valence-electron chi connectivity index (χ0n) is 13.6. The van der Waals surface area contributed by atoms with Crippen LogP contribution in [0.3, 0.4) is 0 Å². The number of rotatable bonds is 5. The number of amides is 1. The van der Waals surface area contributed by atoms with Gasteiger partial charge in [0.15, 0.2) is 17.3 Å². The molecule has 1 aliphatic heterocycles. The Kier molecular flexibility index (Phi) is 4.70. The number of hydrogen-bond donors (Lipinski definition) is 0. The fourth-order valence-electron chi connectivity index (χ4n) is 2.58. The second kappa shape index (κ2) is 7.09. The lowest BCUT2D eigenvalue weighted by molar-refractivity contribution is -0.112. The molecule has 0 aliphatic carbocycles. The van der Waals surface area contributed by atoms with Crippen molar-refractivity contribution in [2.75, 3.05) is 18.6 Å². The molecule has 0 spiro atoms. The fourth-order valence-corrected chi connectivity index (χ4v) is 2.58. The molecule has 0 radical (unpaired) electrons. The third-order valence-electron chi connectivity index (χ3n) is 3.75. The van der Waals surface area contributed by atoms with Gasteiger partial charge in [-0.3, -0.25) is 4.79 Å². The highest BCUT2D eigenvalue weighted by Gasteiger charge is 2.32. The highest BCUT2D eigenvalue weighted by atomic mass is 19.1. The third-order valence-corrected chi connectivity index (χ3v) is 3.75. The van der Waals surface area contributed by atoms with Crippen molar-refractivity contribution in [3.63, 3.8) is 0 Å². The number of ether oxygens (including phenoxy) is 1. The predicted octanol–water partition coefficient (Wildman–Crippen LogP) is 3.19. The minimum absolute atomic E-state index is 0.156. The Morgan fingerprint density at radius 3 is 2.80 bits per heavy atom. The van der Waals surface area contributed by atoms with Crippen molar-refractivity contribution in [2.24, 2.45) is 10.2 Å². The Morgan fingerprint density at radius 2 is 2.08 bits per heavy atom. The number of methoxy groups -OCH3 is 1. The number of hydrogen-bond acceptors (Lipinski definition) is 4. The summed E-state index contributed by atoms with van der Waals surface area (Å²) in [7, 11) is 1.40. The molecule has 0 bridgehead atoms. The van der Waals surface area contributed by atoms with E-state index in [0.717, 1.165) is 5.69 Å². The summed E-state index contributed by atoms with van der Waals surface area (Å²) in [6.07, 6.45) is 3.04. The van der Waals surface area contributed by atoms with Crippen LogP contribution in [0.2, 0.25) is 0 Å². The molecule has 1 amide bonds.